The maximum Gasteiger partial charge on any atom is 0.218 e. The second-order valence-corrected chi connectivity index (χ2v) is 4.20. The topological polar surface area (TPSA) is 82.8 Å². The smallest absolute Gasteiger partial charge is 0.218 e. The Bertz CT molecular complexity index is 710. The van der Waals surface area contributed by atoms with Crippen molar-refractivity contribution in [1.29, 1.82) is 0 Å². The third-order valence-electron chi connectivity index (χ3n) is 2.96. The summed E-state index contributed by atoms with van der Waals surface area (Å²) < 4.78 is 1.53. The van der Waals surface area contributed by atoms with Crippen LogP contribution in [0.15, 0.2) is 36.4 Å². The number of aryl methyl sites for hydroxylation is 1. The summed E-state index contributed by atoms with van der Waals surface area (Å²) in [5, 5.41) is 6.45. The number of hydrogen-bond acceptors (Lipinski definition) is 4. The number of benzene rings is 2. The Labute approximate surface area is 104 Å². The molecule has 0 aliphatic heterocycles. The molecule has 0 amide bonds. The molecule has 3 aromatic rings. The quantitative estimate of drug-likeness (QED) is 0.634. The van der Waals surface area contributed by atoms with Gasteiger partial charge in [0, 0.05) is 18.3 Å². The normalized spacial score (nSPS) is 10.9. The third-order valence-corrected chi connectivity index (χ3v) is 2.96. The average molecular weight is 239 g/mol. The molecular formula is C13H13N5. The van der Waals surface area contributed by atoms with Gasteiger partial charge in [-0.15, -0.1) is 5.10 Å². The number of rotatable bonds is 1. The van der Waals surface area contributed by atoms with E-state index in [0.29, 0.717) is 17.5 Å². The van der Waals surface area contributed by atoms with Crippen molar-refractivity contribution in [2.24, 2.45) is 7.05 Å². The van der Waals surface area contributed by atoms with Gasteiger partial charge in [-0.3, -0.25) is 0 Å². The number of nitrogens with zero attached hydrogens (tertiary/aromatic N) is 3. The zero-order chi connectivity index (χ0) is 12.7. The average Bonchev–Trinajstić information content (AvgIpc) is 2.68. The number of fused-ring (bicyclic) bond motifs is 1. The van der Waals surface area contributed by atoms with Gasteiger partial charge in [0.2, 0.25) is 5.95 Å². The minimum absolute atomic E-state index is 0.373. The van der Waals surface area contributed by atoms with Crippen molar-refractivity contribution in [3.63, 3.8) is 0 Å². The standard InChI is InChI=1S/C13H13N5/c1-18-13(15)16-12(17-18)10-6-8-4-2-3-5-9(8)7-11(10)14/h2-7H,14H2,1H3,(H2,15,16,17). The highest BCUT2D eigenvalue weighted by Gasteiger charge is 2.11. The van der Waals surface area contributed by atoms with Gasteiger partial charge in [-0.05, 0) is 22.9 Å². The first kappa shape index (κ1) is 10.6. The summed E-state index contributed by atoms with van der Waals surface area (Å²) in [5.74, 6) is 0.927. The van der Waals surface area contributed by atoms with Gasteiger partial charge in [0.05, 0.1) is 0 Å². The summed E-state index contributed by atoms with van der Waals surface area (Å²) in [6, 6.07) is 11.9. The predicted octanol–water partition coefficient (Wildman–Crippen LogP) is 1.80. The molecule has 1 heterocycles. The van der Waals surface area contributed by atoms with Crippen molar-refractivity contribution in [3.05, 3.63) is 36.4 Å². The first-order valence-corrected chi connectivity index (χ1v) is 5.60. The van der Waals surface area contributed by atoms with E-state index in [1.807, 2.05) is 36.4 Å². The molecule has 0 atom stereocenters. The Kier molecular flexibility index (Phi) is 2.19. The molecule has 18 heavy (non-hydrogen) atoms. The van der Waals surface area contributed by atoms with Gasteiger partial charge in [-0.25, -0.2) is 4.68 Å². The molecule has 5 nitrogen and oxygen atoms in total. The van der Waals surface area contributed by atoms with Gasteiger partial charge in [0.25, 0.3) is 0 Å². The van der Waals surface area contributed by atoms with Gasteiger partial charge >= 0.3 is 0 Å². The van der Waals surface area contributed by atoms with Crippen LogP contribution in [0.25, 0.3) is 22.2 Å². The van der Waals surface area contributed by atoms with Crippen LogP contribution in [0.1, 0.15) is 0 Å². The fraction of sp³-hybridized carbons (Fsp3) is 0.0769. The third kappa shape index (κ3) is 1.57. The van der Waals surface area contributed by atoms with Crippen LogP contribution in [0.5, 0.6) is 0 Å². The van der Waals surface area contributed by atoms with E-state index in [0.717, 1.165) is 16.3 Å². The maximum atomic E-state index is 6.05. The SMILES string of the molecule is Cn1nc(-c2cc3ccccc3cc2N)nc1N. The maximum absolute atomic E-state index is 6.05. The lowest BCUT2D eigenvalue weighted by Crippen LogP contribution is -1.97. The van der Waals surface area contributed by atoms with Crippen LogP contribution < -0.4 is 11.5 Å². The monoisotopic (exact) mass is 239 g/mol. The van der Waals surface area contributed by atoms with Crippen molar-refractivity contribution < 1.29 is 0 Å². The second kappa shape index (κ2) is 3.73. The lowest BCUT2D eigenvalue weighted by Gasteiger charge is -2.04. The van der Waals surface area contributed by atoms with E-state index in [2.05, 4.69) is 10.1 Å². The van der Waals surface area contributed by atoms with Crippen LogP contribution in [-0.4, -0.2) is 14.8 Å². The Morgan fingerprint density at radius 2 is 1.72 bits per heavy atom. The summed E-state index contributed by atoms with van der Waals surface area (Å²) in [5.41, 5.74) is 13.2. The molecule has 4 N–H and O–H groups in total. The van der Waals surface area contributed by atoms with Gasteiger partial charge in [-0.1, -0.05) is 24.3 Å². The second-order valence-electron chi connectivity index (χ2n) is 4.20. The number of anilines is 2. The highest BCUT2D eigenvalue weighted by molar-refractivity contribution is 5.92. The predicted molar refractivity (Wildman–Crippen MR) is 72.8 cm³/mol. The van der Waals surface area contributed by atoms with Crippen LogP contribution in [0.2, 0.25) is 0 Å². The molecule has 0 bridgehead atoms. The van der Waals surface area contributed by atoms with Crippen molar-refractivity contribution in [2.75, 3.05) is 11.5 Å². The van der Waals surface area contributed by atoms with E-state index in [9.17, 15) is 0 Å². The minimum atomic E-state index is 0.373. The van der Waals surface area contributed by atoms with Crippen LogP contribution >= 0.6 is 0 Å². The van der Waals surface area contributed by atoms with E-state index >= 15 is 0 Å². The number of nitrogens with two attached hydrogens (primary N) is 2. The summed E-state index contributed by atoms with van der Waals surface area (Å²) in [4.78, 5) is 4.20. The summed E-state index contributed by atoms with van der Waals surface area (Å²) in [6.45, 7) is 0. The fourth-order valence-electron chi connectivity index (χ4n) is 1.96. The molecule has 0 fully saturated rings. The Hall–Kier alpha value is -2.56. The first-order valence-electron chi connectivity index (χ1n) is 5.60. The molecular weight excluding hydrogens is 226 g/mol. The largest absolute Gasteiger partial charge is 0.398 e. The summed E-state index contributed by atoms with van der Waals surface area (Å²) in [6.07, 6.45) is 0. The molecule has 0 spiro atoms. The molecule has 1 aromatic heterocycles. The molecule has 0 aliphatic carbocycles. The number of aromatic nitrogens is 3. The van der Waals surface area contributed by atoms with Gasteiger partial charge < -0.3 is 11.5 Å². The molecule has 0 unspecified atom stereocenters. The fourth-order valence-corrected chi connectivity index (χ4v) is 1.96. The molecule has 90 valence electrons. The first-order chi connectivity index (χ1) is 8.65. The number of nitrogen functional groups attached to an aromatic ring is 2. The molecule has 2 aromatic carbocycles. The van der Waals surface area contributed by atoms with Crippen molar-refractivity contribution in [1.82, 2.24) is 14.8 Å². The molecule has 3 rings (SSSR count). The van der Waals surface area contributed by atoms with Gasteiger partial charge in [-0.2, -0.15) is 4.98 Å². The lowest BCUT2D eigenvalue weighted by molar-refractivity contribution is 0.781. The van der Waals surface area contributed by atoms with Gasteiger partial charge in [0.1, 0.15) is 0 Å². The molecule has 0 saturated heterocycles. The van der Waals surface area contributed by atoms with Gasteiger partial charge in [0.15, 0.2) is 5.82 Å². The van der Waals surface area contributed by atoms with E-state index in [1.54, 1.807) is 7.05 Å². The molecule has 0 radical (unpaired) electrons. The molecule has 0 aliphatic rings. The van der Waals surface area contributed by atoms with Crippen molar-refractivity contribution in [2.45, 2.75) is 0 Å². The Morgan fingerprint density at radius 3 is 2.33 bits per heavy atom. The highest BCUT2D eigenvalue weighted by atomic mass is 15.4. The van der Waals surface area contributed by atoms with E-state index in [4.69, 9.17) is 11.5 Å². The van der Waals surface area contributed by atoms with Crippen LogP contribution in [0.4, 0.5) is 11.6 Å². The zero-order valence-electron chi connectivity index (χ0n) is 9.96. The Balaban J connectivity index is 2.25. The summed E-state index contributed by atoms with van der Waals surface area (Å²) >= 11 is 0. The Morgan fingerprint density at radius 1 is 1.06 bits per heavy atom. The highest BCUT2D eigenvalue weighted by Crippen LogP contribution is 2.28. The van der Waals surface area contributed by atoms with Crippen molar-refractivity contribution >= 4 is 22.4 Å². The lowest BCUT2D eigenvalue weighted by atomic mass is 10.0. The van der Waals surface area contributed by atoms with E-state index in [-0.39, 0.29) is 0 Å². The van der Waals surface area contributed by atoms with Crippen LogP contribution in [-0.2, 0) is 7.05 Å². The van der Waals surface area contributed by atoms with E-state index < -0.39 is 0 Å². The molecule has 5 heteroatoms. The van der Waals surface area contributed by atoms with Crippen LogP contribution in [0.3, 0.4) is 0 Å². The summed E-state index contributed by atoms with van der Waals surface area (Å²) in [7, 11) is 1.75. The van der Waals surface area contributed by atoms with Crippen molar-refractivity contribution in [3.8, 4) is 11.4 Å². The molecule has 0 saturated carbocycles. The minimum Gasteiger partial charge on any atom is -0.398 e. The zero-order valence-corrected chi connectivity index (χ0v) is 9.96. The number of hydrogen-bond donors (Lipinski definition) is 2. The van der Waals surface area contributed by atoms with E-state index in [1.165, 1.54) is 4.68 Å². The van der Waals surface area contributed by atoms with Crippen LogP contribution in [0, 0.1) is 0 Å².